The number of aliphatic imine (C=N–C) groups is 2. The minimum Gasteiger partial charge on any atom is -0.394 e. The van der Waals surface area contributed by atoms with Crippen molar-refractivity contribution in [3.63, 3.8) is 0 Å². The lowest BCUT2D eigenvalue weighted by Crippen LogP contribution is -2.31. The molecular weight excluding hydrogens is 352 g/mol. The van der Waals surface area contributed by atoms with Crippen LogP contribution in [0.2, 0.25) is 0 Å². The summed E-state index contributed by atoms with van der Waals surface area (Å²) in [5, 5.41) is 9.42. The van der Waals surface area contributed by atoms with Gasteiger partial charge < -0.3 is 20.3 Å². The van der Waals surface area contributed by atoms with Crippen molar-refractivity contribution in [3.8, 4) is 0 Å². The first-order valence-corrected chi connectivity index (χ1v) is 9.65. The Labute approximate surface area is 167 Å². The monoisotopic (exact) mass is 384 g/mol. The zero-order valence-corrected chi connectivity index (χ0v) is 17.7. The van der Waals surface area contributed by atoms with E-state index in [-0.39, 0.29) is 24.7 Å². The number of amidine groups is 1. The summed E-state index contributed by atoms with van der Waals surface area (Å²) in [5.41, 5.74) is 10.0. The number of anilines is 1. The van der Waals surface area contributed by atoms with Crippen LogP contribution in [0.4, 0.5) is 5.69 Å². The second kappa shape index (κ2) is 9.50. The van der Waals surface area contributed by atoms with Gasteiger partial charge in [-0.05, 0) is 51.8 Å². The van der Waals surface area contributed by atoms with E-state index in [2.05, 4.69) is 52.4 Å². The van der Waals surface area contributed by atoms with Crippen LogP contribution in [-0.2, 0) is 0 Å². The molecule has 1 atom stereocenters. The topological polar surface area (TPSA) is 92.0 Å². The third-order valence-electron chi connectivity index (χ3n) is 4.73. The molecular formula is C21H32N6O. The Balaban J connectivity index is 2.57. The number of imidazole rings is 1. The van der Waals surface area contributed by atoms with Gasteiger partial charge in [-0.1, -0.05) is 19.1 Å². The molecule has 2 rings (SSSR count). The molecule has 0 amide bonds. The van der Waals surface area contributed by atoms with Crippen molar-refractivity contribution >= 4 is 17.5 Å². The van der Waals surface area contributed by atoms with Crippen LogP contribution in [0, 0.1) is 13.8 Å². The van der Waals surface area contributed by atoms with Gasteiger partial charge in [0.15, 0.2) is 5.84 Å². The first-order valence-electron chi connectivity index (χ1n) is 9.65. The summed E-state index contributed by atoms with van der Waals surface area (Å²) in [5.74, 6) is 0.755. The number of nitrogens with two attached hydrogens (primary N) is 1. The number of aliphatic hydroxyl groups excluding tert-OH is 1. The van der Waals surface area contributed by atoms with Crippen molar-refractivity contribution in [3.05, 3.63) is 47.5 Å². The standard InChI is InChI=1S/C21H32N6O/c1-7-17(12-28)24-21(22)25-20(19-16(5)27(13-23-19)14(2)3)26(6)18-10-8-9-15(4)11-18/h8-11,13-14,17,28H,7,12H2,1-6H3,(H2,22,24)/t17-/m1/s1. The Hall–Kier alpha value is -2.67. The van der Waals surface area contributed by atoms with Crippen molar-refractivity contribution in [1.29, 1.82) is 0 Å². The average Bonchev–Trinajstić information content (AvgIpc) is 3.05. The van der Waals surface area contributed by atoms with Gasteiger partial charge in [-0.25, -0.2) is 9.98 Å². The summed E-state index contributed by atoms with van der Waals surface area (Å²) in [7, 11) is 1.94. The van der Waals surface area contributed by atoms with Gasteiger partial charge in [0.2, 0.25) is 5.96 Å². The number of benzene rings is 1. The Kier molecular flexibility index (Phi) is 7.34. The van der Waals surface area contributed by atoms with Gasteiger partial charge in [0.05, 0.1) is 19.0 Å². The van der Waals surface area contributed by atoms with Crippen molar-refractivity contribution in [2.45, 2.75) is 53.1 Å². The lowest BCUT2D eigenvalue weighted by Gasteiger charge is -2.22. The molecule has 0 saturated heterocycles. The summed E-state index contributed by atoms with van der Waals surface area (Å²) >= 11 is 0. The van der Waals surface area contributed by atoms with Gasteiger partial charge in [-0.15, -0.1) is 0 Å². The summed E-state index contributed by atoms with van der Waals surface area (Å²) in [6, 6.07) is 8.19. The van der Waals surface area contributed by atoms with E-state index < -0.39 is 0 Å². The van der Waals surface area contributed by atoms with Gasteiger partial charge >= 0.3 is 0 Å². The van der Waals surface area contributed by atoms with E-state index in [0.717, 1.165) is 22.6 Å². The predicted octanol–water partition coefficient (Wildman–Crippen LogP) is 3.05. The lowest BCUT2D eigenvalue weighted by molar-refractivity contribution is 0.264. The van der Waals surface area contributed by atoms with Crippen LogP contribution in [0.3, 0.4) is 0 Å². The molecule has 0 aliphatic rings. The van der Waals surface area contributed by atoms with Crippen LogP contribution < -0.4 is 10.6 Å². The maximum atomic E-state index is 9.42. The Morgan fingerprint density at radius 1 is 1.32 bits per heavy atom. The number of aryl methyl sites for hydroxylation is 1. The van der Waals surface area contributed by atoms with Crippen molar-refractivity contribution in [1.82, 2.24) is 9.55 Å². The lowest BCUT2D eigenvalue weighted by atomic mass is 10.2. The highest BCUT2D eigenvalue weighted by Gasteiger charge is 2.20. The van der Waals surface area contributed by atoms with Gasteiger partial charge in [0, 0.05) is 24.5 Å². The highest BCUT2D eigenvalue weighted by Crippen LogP contribution is 2.20. The molecule has 3 N–H and O–H groups in total. The molecule has 0 aliphatic heterocycles. The quantitative estimate of drug-likeness (QED) is 0.591. The van der Waals surface area contributed by atoms with Crippen LogP contribution in [-0.4, -0.2) is 46.1 Å². The summed E-state index contributed by atoms with van der Waals surface area (Å²) < 4.78 is 2.10. The third kappa shape index (κ3) is 4.98. The summed E-state index contributed by atoms with van der Waals surface area (Å²) in [4.78, 5) is 15.5. The Morgan fingerprint density at radius 2 is 2.04 bits per heavy atom. The van der Waals surface area contributed by atoms with Crippen LogP contribution >= 0.6 is 0 Å². The van der Waals surface area contributed by atoms with Gasteiger partial charge in [-0.2, -0.15) is 4.99 Å². The molecule has 0 fully saturated rings. The fourth-order valence-corrected chi connectivity index (χ4v) is 2.99. The van der Waals surface area contributed by atoms with Crippen LogP contribution in [0.25, 0.3) is 0 Å². The van der Waals surface area contributed by atoms with Gasteiger partial charge in [-0.3, -0.25) is 0 Å². The van der Waals surface area contributed by atoms with Crippen LogP contribution in [0.1, 0.15) is 50.2 Å². The average molecular weight is 385 g/mol. The molecule has 0 unspecified atom stereocenters. The zero-order valence-electron chi connectivity index (χ0n) is 17.7. The SMILES string of the molecule is CC[C@H](CO)N=C(N)N=C(c1ncn(C(C)C)c1C)N(C)c1cccc(C)c1. The molecule has 0 aliphatic carbocycles. The smallest absolute Gasteiger partial charge is 0.217 e. The molecule has 0 spiro atoms. The van der Waals surface area contributed by atoms with Crippen LogP contribution in [0.15, 0.2) is 40.6 Å². The first kappa shape index (κ1) is 21.6. The normalized spacial score (nSPS) is 13.9. The van der Waals surface area contributed by atoms with E-state index in [1.54, 1.807) is 0 Å². The molecule has 0 bridgehead atoms. The van der Waals surface area contributed by atoms with E-state index in [1.807, 2.05) is 44.3 Å². The molecule has 1 aromatic heterocycles. The van der Waals surface area contributed by atoms with E-state index in [1.165, 1.54) is 0 Å². The molecule has 0 radical (unpaired) electrons. The minimum absolute atomic E-state index is 0.0588. The molecule has 28 heavy (non-hydrogen) atoms. The van der Waals surface area contributed by atoms with Crippen molar-refractivity contribution in [2.75, 3.05) is 18.6 Å². The number of rotatable bonds is 6. The van der Waals surface area contributed by atoms with E-state index >= 15 is 0 Å². The Morgan fingerprint density at radius 3 is 2.57 bits per heavy atom. The highest BCUT2D eigenvalue weighted by molar-refractivity contribution is 6.13. The molecule has 152 valence electrons. The summed E-state index contributed by atoms with van der Waals surface area (Å²) in [6.45, 7) is 10.2. The van der Waals surface area contributed by atoms with Gasteiger partial charge in [0.25, 0.3) is 0 Å². The van der Waals surface area contributed by atoms with E-state index in [4.69, 9.17) is 5.73 Å². The minimum atomic E-state index is -0.261. The number of hydrogen-bond donors (Lipinski definition) is 2. The molecule has 1 heterocycles. The zero-order chi connectivity index (χ0) is 20.8. The van der Waals surface area contributed by atoms with E-state index in [0.29, 0.717) is 12.3 Å². The molecule has 2 aromatic rings. The number of guanidine groups is 1. The highest BCUT2D eigenvalue weighted by atomic mass is 16.3. The number of hydrogen-bond acceptors (Lipinski definition) is 3. The number of aromatic nitrogens is 2. The largest absolute Gasteiger partial charge is 0.394 e. The second-order valence-corrected chi connectivity index (χ2v) is 7.24. The molecule has 0 saturated carbocycles. The predicted molar refractivity (Wildman–Crippen MR) is 116 cm³/mol. The molecule has 7 heteroatoms. The van der Waals surface area contributed by atoms with Crippen LogP contribution in [0.5, 0.6) is 0 Å². The second-order valence-electron chi connectivity index (χ2n) is 7.24. The Bertz CT molecular complexity index is 848. The maximum Gasteiger partial charge on any atom is 0.217 e. The molecule has 7 nitrogen and oxygen atoms in total. The number of nitrogens with zero attached hydrogens (tertiary/aromatic N) is 5. The van der Waals surface area contributed by atoms with E-state index in [9.17, 15) is 5.11 Å². The number of aliphatic hydroxyl groups is 1. The van der Waals surface area contributed by atoms with Crippen molar-refractivity contribution < 1.29 is 5.11 Å². The first-order chi connectivity index (χ1) is 13.3. The maximum absolute atomic E-state index is 9.42. The van der Waals surface area contributed by atoms with Crippen molar-refractivity contribution in [2.24, 2.45) is 15.7 Å². The fourth-order valence-electron chi connectivity index (χ4n) is 2.99. The molecule has 1 aromatic carbocycles. The third-order valence-corrected chi connectivity index (χ3v) is 4.73. The fraction of sp³-hybridized carbons (Fsp3) is 0.476. The van der Waals surface area contributed by atoms with Gasteiger partial charge in [0.1, 0.15) is 5.69 Å². The summed E-state index contributed by atoms with van der Waals surface area (Å²) in [6.07, 6.45) is 2.52.